The van der Waals surface area contributed by atoms with E-state index < -0.39 is 0 Å². The SMILES string of the molecule is O=c1cc(CCCc2ccccc2)cccc1O. The number of hydrogen-bond donors (Lipinski definition) is 1. The van der Waals surface area contributed by atoms with Crippen LogP contribution in [0.1, 0.15) is 17.5 Å². The summed E-state index contributed by atoms with van der Waals surface area (Å²) in [6.45, 7) is 0. The summed E-state index contributed by atoms with van der Waals surface area (Å²) in [6, 6.07) is 16.8. The Kier molecular flexibility index (Phi) is 4.13. The van der Waals surface area contributed by atoms with Gasteiger partial charge < -0.3 is 5.11 Å². The van der Waals surface area contributed by atoms with E-state index in [2.05, 4.69) is 12.1 Å². The Morgan fingerprint density at radius 3 is 2.28 bits per heavy atom. The van der Waals surface area contributed by atoms with Gasteiger partial charge in [0.1, 0.15) is 0 Å². The lowest BCUT2D eigenvalue weighted by molar-refractivity contribution is 0.471. The minimum absolute atomic E-state index is 0.190. The van der Waals surface area contributed by atoms with Crippen LogP contribution in [0.4, 0.5) is 0 Å². The standard InChI is InChI=1S/C16H16O2/c17-15-11-5-10-14(12-16(15)18)9-4-8-13-6-2-1-3-7-13/h1-3,5-7,10-12H,4,8-9H2,(H,17,18). The van der Waals surface area contributed by atoms with Gasteiger partial charge in [-0.2, -0.15) is 0 Å². The van der Waals surface area contributed by atoms with Crippen molar-refractivity contribution in [3.63, 3.8) is 0 Å². The maximum absolute atomic E-state index is 11.4. The summed E-state index contributed by atoms with van der Waals surface area (Å²) < 4.78 is 0. The molecule has 0 unspecified atom stereocenters. The highest BCUT2D eigenvalue weighted by atomic mass is 16.3. The number of benzene rings is 1. The predicted molar refractivity (Wildman–Crippen MR) is 72.8 cm³/mol. The maximum atomic E-state index is 11.4. The van der Waals surface area contributed by atoms with E-state index in [0.29, 0.717) is 0 Å². The highest BCUT2D eigenvalue weighted by Crippen LogP contribution is 2.08. The van der Waals surface area contributed by atoms with Crippen LogP contribution in [-0.2, 0) is 12.8 Å². The average molecular weight is 240 g/mol. The first-order valence-corrected chi connectivity index (χ1v) is 6.12. The molecule has 0 atom stereocenters. The summed E-state index contributed by atoms with van der Waals surface area (Å²) in [5.41, 5.74) is 1.97. The largest absolute Gasteiger partial charge is 0.504 e. The Morgan fingerprint density at radius 1 is 0.833 bits per heavy atom. The van der Waals surface area contributed by atoms with Gasteiger partial charge in [0.15, 0.2) is 5.75 Å². The van der Waals surface area contributed by atoms with Gasteiger partial charge in [-0.1, -0.05) is 42.5 Å². The van der Waals surface area contributed by atoms with E-state index in [1.54, 1.807) is 6.07 Å². The zero-order valence-electron chi connectivity index (χ0n) is 10.2. The third-order valence-electron chi connectivity index (χ3n) is 2.91. The third kappa shape index (κ3) is 3.45. The Balaban J connectivity index is 1.97. The molecule has 0 aliphatic heterocycles. The van der Waals surface area contributed by atoms with Gasteiger partial charge in [0.25, 0.3) is 0 Å². The van der Waals surface area contributed by atoms with Crippen molar-refractivity contribution < 1.29 is 5.11 Å². The molecule has 2 rings (SSSR count). The van der Waals surface area contributed by atoms with E-state index in [0.717, 1.165) is 24.8 Å². The van der Waals surface area contributed by atoms with Crippen LogP contribution in [0.15, 0.2) is 59.4 Å². The Labute approximate surface area is 107 Å². The molecule has 0 bridgehead atoms. The Hall–Kier alpha value is -2.09. The lowest BCUT2D eigenvalue weighted by atomic mass is 10.1. The van der Waals surface area contributed by atoms with Crippen LogP contribution in [0.5, 0.6) is 5.75 Å². The Morgan fingerprint density at radius 2 is 1.50 bits per heavy atom. The van der Waals surface area contributed by atoms with E-state index in [-0.39, 0.29) is 11.2 Å². The molecule has 1 N–H and O–H groups in total. The summed E-state index contributed by atoms with van der Waals surface area (Å²) in [4.78, 5) is 11.4. The molecule has 0 aliphatic carbocycles. The molecule has 92 valence electrons. The lowest BCUT2D eigenvalue weighted by Crippen LogP contribution is -1.96. The molecule has 0 fully saturated rings. The first-order valence-electron chi connectivity index (χ1n) is 6.12. The van der Waals surface area contributed by atoms with Gasteiger partial charge in [0, 0.05) is 0 Å². The number of aromatic hydroxyl groups is 1. The normalized spacial score (nSPS) is 10.2. The van der Waals surface area contributed by atoms with Gasteiger partial charge in [-0.3, -0.25) is 4.79 Å². The summed E-state index contributed by atoms with van der Waals surface area (Å²) in [5.74, 6) is -0.190. The molecule has 0 saturated heterocycles. The predicted octanol–water partition coefficient (Wildman–Crippen LogP) is 2.93. The molecule has 0 radical (unpaired) electrons. The summed E-state index contributed by atoms with van der Waals surface area (Å²) >= 11 is 0. The van der Waals surface area contributed by atoms with Crippen LogP contribution in [0.2, 0.25) is 0 Å². The minimum atomic E-state index is -0.310. The fourth-order valence-corrected chi connectivity index (χ4v) is 1.93. The minimum Gasteiger partial charge on any atom is -0.504 e. The van der Waals surface area contributed by atoms with Crippen molar-refractivity contribution in [3.8, 4) is 5.75 Å². The molecule has 0 amide bonds. The van der Waals surface area contributed by atoms with E-state index in [9.17, 15) is 9.90 Å². The van der Waals surface area contributed by atoms with Gasteiger partial charge in [-0.05, 0) is 42.5 Å². The maximum Gasteiger partial charge on any atom is 0.220 e. The van der Waals surface area contributed by atoms with E-state index in [4.69, 9.17) is 0 Å². The van der Waals surface area contributed by atoms with Crippen LogP contribution >= 0.6 is 0 Å². The van der Waals surface area contributed by atoms with Gasteiger partial charge in [0.05, 0.1) is 0 Å². The van der Waals surface area contributed by atoms with Crippen molar-refractivity contribution in [2.24, 2.45) is 0 Å². The second-order valence-corrected chi connectivity index (χ2v) is 4.33. The van der Waals surface area contributed by atoms with Gasteiger partial charge in [-0.25, -0.2) is 0 Å². The van der Waals surface area contributed by atoms with Crippen molar-refractivity contribution >= 4 is 0 Å². The van der Waals surface area contributed by atoms with Crippen molar-refractivity contribution in [2.45, 2.75) is 19.3 Å². The van der Waals surface area contributed by atoms with Crippen molar-refractivity contribution in [2.75, 3.05) is 0 Å². The van der Waals surface area contributed by atoms with Crippen molar-refractivity contribution in [1.29, 1.82) is 0 Å². The van der Waals surface area contributed by atoms with Gasteiger partial charge >= 0.3 is 0 Å². The van der Waals surface area contributed by atoms with Crippen LogP contribution in [0.25, 0.3) is 0 Å². The highest BCUT2D eigenvalue weighted by molar-refractivity contribution is 5.24. The molecule has 2 aromatic rings. The van der Waals surface area contributed by atoms with Crippen molar-refractivity contribution in [3.05, 3.63) is 75.9 Å². The molecule has 0 heterocycles. The second kappa shape index (κ2) is 6.01. The van der Waals surface area contributed by atoms with Crippen LogP contribution in [-0.4, -0.2) is 5.11 Å². The highest BCUT2D eigenvalue weighted by Gasteiger charge is 1.97. The topological polar surface area (TPSA) is 37.3 Å². The van der Waals surface area contributed by atoms with Crippen molar-refractivity contribution in [1.82, 2.24) is 0 Å². The van der Waals surface area contributed by atoms with Gasteiger partial charge in [0.2, 0.25) is 5.43 Å². The zero-order chi connectivity index (χ0) is 12.8. The number of rotatable bonds is 4. The molecule has 0 aliphatic rings. The fourth-order valence-electron chi connectivity index (χ4n) is 1.93. The fraction of sp³-hybridized carbons (Fsp3) is 0.188. The first-order chi connectivity index (χ1) is 8.75. The number of hydrogen-bond acceptors (Lipinski definition) is 2. The summed E-state index contributed by atoms with van der Waals surface area (Å²) in [6.07, 6.45) is 2.84. The van der Waals surface area contributed by atoms with Gasteiger partial charge in [-0.15, -0.1) is 0 Å². The molecular formula is C16H16O2. The quantitative estimate of drug-likeness (QED) is 0.892. The summed E-state index contributed by atoms with van der Waals surface area (Å²) in [7, 11) is 0. The van der Waals surface area contributed by atoms with E-state index >= 15 is 0 Å². The van der Waals surface area contributed by atoms with Crippen LogP contribution < -0.4 is 5.43 Å². The monoisotopic (exact) mass is 240 g/mol. The molecule has 18 heavy (non-hydrogen) atoms. The smallest absolute Gasteiger partial charge is 0.220 e. The summed E-state index contributed by atoms with van der Waals surface area (Å²) in [5, 5.41) is 9.29. The molecule has 2 aromatic carbocycles. The zero-order valence-corrected chi connectivity index (χ0v) is 10.2. The Bertz CT molecular complexity index is 562. The molecular weight excluding hydrogens is 224 g/mol. The van der Waals surface area contributed by atoms with Crippen LogP contribution in [0, 0.1) is 0 Å². The molecule has 0 aromatic heterocycles. The molecule has 0 spiro atoms. The first kappa shape index (κ1) is 12.4. The molecule has 2 heteroatoms. The van der Waals surface area contributed by atoms with E-state index in [1.807, 2.05) is 24.3 Å². The lowest BCUT2D eigenvalue weighted by Gasteiger charge is -2.00. The van der Waals surface area contributed by atoms with Crippen LogP contribution in [0.3, 0.4) is 0 Å². The number of aryl methyl sites for hydroxylation is 2. The molecule has 2 nitrogen and oxygen atoms in total. The van der Waals surface area contributed by atoms with E-state index in [1.165, 1.54) is 17.7 Å². The second-order valence-electron chi connectivity index (χ2n) is 4.33. The molecule has 0 saturated carbocycles. The third-order valence-corrected chi connectivity index (χ3v) is 2.91. The average Bonchev–Trinajstić information content (AvgIpc) is 2.54.